The number of aliphatic hydroxyl groups excluding tert-OH is 1. The van der Waals surface area contributed by atoms with Gasteiger partial charge in [-0.3, -0.25) is 4.79 Å². The van der Waals surface area contributed by atoms with E-state index in [2.05, 4.69) is 0 Å². The van der Waals surface area contributed by atoms with Gasteiger partial charge in [0.2, 0.25) is 0 Å². The third-order valence-electron chi connectivity index (χ3n) is 3.46. The average Bonchev–Trinajstić information content (AvgIpc) is 2.88. The summed E-state index contributed by atoms with van der Waals surface area (Å²) >= 11 is 0. The molecule has 0 spiro atoms. The fourth-order valence-corrected chi connectivity index (χ4v) is 2.41. The second-order valence-corrected chi connectivity index (χ2v) is 4.77. The Morgan fingerprint density at radius 3 is 2.57 bits per heavy atom. The smallest absolute Gasteiger partial charge is 0.326 e. The maximum absolute atomic E-state index is 12.6. The summed E-state index contributed by atoms with van der Waals surface area (Å²) in [7, 11) is 2.89. The van der Waals surface area contributed by atoms with Gasteiger partial charge >= 0.3 is 5.97 Å². The number of ether oxygens (including phenoxy) is 2. The van der Waals surface area contributed by atoms with Gasteiger partial charge in [-0.15, -0.1) is 0 Å². The minimum absolute atomic E-state index is 0.0177. The van der Waals surface area contributed by atoms with E-state index in [9.17, 15) is 14.7 Å². The third kappa shape index (κ3) is 2.92. The molecule has 2 N–H and O–H groups in total. The van der Waals surface area contributed by atoms with Gasteiger partial charge in [0.05, 0.1) is 25.9 Å². The number of nitrogens with zero attached hydrogens (tertiary/aromatic N) is 1. The van der Waals surface area contributed by atoms with Gasteiger partial charge in [-0.05, 0) is 18.2 Å². The number of benzene rings is 1. The van der Waals surface area contributed by atoms with Crippen LogP contribution in [0.15, 0.2) is 18.2 Å². The first-order valence-corrected chi connectivity index (χ1v) is 6.41. The number of aliphatic carboxylic acids is 1. The summed E-state index contributed by atoms with van der Waals surface area (Å²) < 4.78 is 10.2. The fraction of sp³-hybridized carbons (Fsp3) is 0.429. The van der Waals surface area contributed by atoms with E-state index in [4.69, 9.17) is 14.6 Å². The molecule has 0 aliphatic carbocycles. The molecule has 1 fully saturated rings. The number of carboxylic acids is 1. The molecular weight excluding hydrogens is 278 g/mol. The molecule has 0 bridgehead atoms. The van der Waals surface area contributed by atoms with Gasteiger partial charge < -0.3 is 24.6 Å². The van der Waals surface area contributed by atoms with E-state index in [1.807, 2.05) is 0 Å². The van der Waals surface area contributed by atoms with E-state index in [0.29, 0.717) is 11.5 Å². The number of hydrogen-bond acceptors (Lipinski definition) is 5. The second kappa shape index (κ2) is 6.01. The summed E-state index contributed by atoms with van der Waals surface area (Å²) in [5.41, 5.74) is 0.206. The molecular formula is C14H17NO6. The molecule has 1 heterocycles. The van der Waals surface area contributed by atoms with E-state index in [0.717, 1.165) is 4.90 Å². The normalized spacial score (nSPS) is 21.2. The molecule has 1 aromatic carbocycles. The third-order valence-corrected chi connectivity index (χ3v) is 3.46. The Balaban J connectivity index is 2.36. The summed E-state index contributed by atoms with van der Waals surface area (Å²) in [6.45, 7) is -0.0177. The SMILES string of the molecule is COc1ccc(OC)c(C(=O)N2C[C@@H](O)C[C@H]2C(=O)O)c1. The standard InChI is InChI=1S/C14H17NO6/c1-20-9-3-4-12(21-2)10(6-9)13(17)15-7-8(16)5-11(15)14(18)19/h3-4,6,8,11,16H,5,7H2,1-2H3,(H,18,19)/t8-,11-/m0/s1. The molecule has 1 aliphatic rings. The van der Waals surface area contributed by atoms with Crippen LogP contribution in [0.4, 0.5) is 0 Å². The van der Waals surface area contributed by atoms with Crippen molar-refractivity contribution in [3.05, 3.63) is 23.8 Å². The Morgan fingerprint density at radius 1 is 1.29 bits per heavy atom. The molecule has 7 nitrogen and oxygen atoms in total. The van der Waals surface area contributed by atoms with Crippen molar-refractivity contribution in [2.24, 2.45) is 0 Å². The lowest BCUT2D eigenvalue weighted by Crippen LogP contribution is -2.40. The van der Waals surface area contributed by atoms with Crippen LogP contribution in [0.25, 0.3) is 0 Å². The predicted octanol–water partition coefficient (Wildman–Crippen LogP) is 0.364. The number of carboxylic acid groups (broad SMARTS) is 1. The molecule has 21 heavy (non-hydrogen) atoms. The van der Waals surface area contributed by atoms with Crippen LogP contribution < -0.4 is 9.47 Å². The molecule has 0 radical (unpaired) electrons. The van der Waals surface area contributed by atoms with Crippen molar-refractivity contribution in [1.29, 1.82) is 0 Å². The molecule has 0 unspecified atom stereocenters. The van der Waals surface area contributed by atoms with Crippen LogP contribution in [0.1, 0.15) is 16.8 Å². The highest BCUT2D eigenvalue weighted by Gasteiger charge is 2.40. The molecule has 0 saturated carbocycles. The Kier molecular flexibility index (Phi) is 4.32. The topological polar surface area (TPSA) is 96.3 Å². The van der Waals surface area contributed by atoms with Gasteiger partial charge in [0.15, 0.2) is 0 Å². The van der Waals surface area contributed by atoms with Crippen LogP contribution in [0, 0.1) is 0 Å². The van der Waals surface area contributed by atoms with Crippen LogP contribution >= 0.6 is 0 Å². The number of methoxy groups -OCH3 is 2. The molecule has 2 atom stereocenters. The number of amides is 1. The highest BCUT2D eigenvalue weighted by Crippen LogP contribution is 2.28. The summed E-state index contributed by atoms with van der Waals surface area (Å²) in [6, 6.07) is 3.67. The molecule has 1 aliphatic heterocycles. The Hall–Kier alpha value is -2.28. The number of carbonyl (C=O) groups is 2. The van der Waals surface area contributed by atoms with Crippen LogP contribution in [0.2, 0.25) is 0 Å². The molecule has 1 aromatic rings. The van der Waals surface area contributed by atoms with Crippen molar-refractivity contribution in [3.8, 4) is 11.5 Å². The first kappa shape index (κ1) is 15.1. The monoisotopic (exact) mass is 295 g/mol. The van der Waals surface area contributed by atoms with Gasteiger partial charge in [0.25, 0.3) is 5.91 Å². The Labute approximate surface area is 121 Å². The number of aliphatic hydroxyl groups is 1. The molecule has 7 heteroatoms. The minimum atomic E-state index is -1.14. The van der Waals surface area contributed by atoms with Crippen LogP contribution in [0.5, 0.6) is 11.5 Å². The van der Waals surface area contributed by atoms with Gasteiger partial charge in [0.1, 0.15) is 17.5 Å². The van der Waals surface area contributed by atoms with Gasteiger partial charge in [0, 0.05) is 13.0 Å². The number of rotatable bonds is 4. The lowest BCUT2D eigenvalue weighted by Gasteiger charge is -2.22. The van der Waals surface area contributed by atoms with Crippen LogP contribution in [0.3, 0.4) is 0 Å². The summed E-state index contributed by atoms with van der Waals surface area (Å²) in [5, 5.41) is 18.8. The summed E-state index contributed by atoms with van der Waals surface area (Å²) in [4.78, 5) is 24.9. The van der Waals surface area contributed by atoms with Crippen molar-refractivity contribution in [2.75, 3.05) is 20.8 Å². The maximum atomic E-state index is 12.6. The first-order valence-electron chi connectivity index (χ1n) is 6.41. The van der Waals surface area contributed by atoms with Crippen molar-refractivity contribution < 1.29 is 29.3 Å². The van der Waals surface area contributed by atoms with Crippen LogP contribution in [-0.4, -0.2) is 59.9 Å². The summed E-state index contributed by atoms with van der Waals surface area (Å²) in [6.07, 6.45) is -0.820. The van der Waals surface area contributed by atoms with Gasteiger partial charge in [-0.1, -0.05) is 0 Å². The molecule has 2 rings (SSSR count). The van der Waals surface area contributed by atoms with E-state index < -0.39 is 24.0 Å². The lowest BCUT2D eigenvalue weighted by atomic mass is 10.1. The summed E-state index contributed by atoms with van der Waals surface area (Å²) in [5.74, 6) is -0.853. The van der Waals surface area contributed by atoms with Crippen molar-refractivity contribution in [2.45, 2.75) is 18.6 Å². The molecule has 1 amide bonds. The van der Waals surface area contributed by atoms with Crippen molar-refractivity contribution in [1.82, 2.24) is 4.90 Å². The number of carbonyl (C=O) groups excluding carboxylic acids is 1. The maximum Gasteiger partial charge on any atom is 0.326 e. The van der Waals surface area contributed by atoms with Crippen molar-refractivity contribution >= 4 is 11.9 Å². The van der Waals surface area contributed by atoms with E-state index in [1.165, 1.54) is 20.3 Å². The zero-order valence-corrected chi connectivity index (χ0v) is 11.8. The predicted molar refractivity (Wildman–Crippen MR) is 72.6 cm³/mol. The Morgan fingerprint density at radius 2 is 2.00 bits per heavy atom. The fourth-order valence-electron chi connectivity index (χ4n) is 2.41. The highest BCUT2D eigenvalue weighted by molar-refractivity contribution is 5.99. The second-order valence-electron chi connectivity index (χ2n) is 4.77. The van der Waals surface area contributed by atoms with Crippen LogP contribution in [-0.2, 0) is 4.79 Å². The van der Waals surface area contributed by atoms with E-state index >= 15 is 0 Å². The highest BCUT2D eigenvalue weighted by atomic mass is 16.5. The number of likely N-dealkylation sites (tertiary alicyclic amines) is 1. The van der Waals surface area contributed by atoms with Gasteiger partial charge in [-0.25, -0.2) is 4.79 Å². The van der Waals surface area contributed by atoms with Gasteiger partial charge in [-0.2, -0.15) is 0 Å². The number of hydrogen-bond donors (Lipinski definition) is 2. The largest absolute Gasteiger partial charge is 0.497 e. The lowest BCUT2D eigenvalue weighted by molar-refractivity contribution is -0.141. The average molecular weight is 295 g/mol. The van der Waals surface area contributed by atoms with Crippen molar-refractivity contribution in [3.63, 3.8) is 0 Å². The van der Waals surface area contributed by atoms with E-state index in [1.54, 1.807) is 12.1 Å². The zero-order chi connectivity index (χ0) is 15.6. The first-order chi connectivity index (χ1) is 9.97. The minimum Gasteiger partial charge on any atom is -0.497 e. The Bertz CT molecular complexity index is 558. The quantitative estimate of drug-likeness (QED) is 0.833. The number of β-amino-alcohol motifs (C(OH)–C–C–N with tert-alkyl or cyclic N) is 1. The molecule has 0 aromatic heterocycles. The molecule has 1 saturated heterocycles. The van der Waals surface area contributed by atoms with E-state index in [-0.39, 0.29) is 18.5 Å². The zero-order valence-electron chi connectivity index (χ0n) is 11.8. The molecule has 114 valence electrons.